The predicted octanol–water partition coefficient (Wildman–Crippen LogP) is 4.34. The highest BCUT2D eigenvalue weighted by Gasteiger charge is 2.48. The summed E-state index contributed by atoms with van der Waals surface area (Å²) in [6.45, 7) is 3.03. The van der Waals surface area contributed by atoms with Gasteiger partial charge in [0, 0.05) is 0 Å². The molecule has 13 nitrogen and oxygen atoms in total. The first-order chi connectivity index (χ1) is 24.4. The van der Waals surface area contributed by atoms with Crippen molar-refractivity contribution in [2.24, 2.45) is 0 Å². The number of hydrogen-bond acceptors (Lipinski definition) is 11. The third-order valence-corrected chi connectivity index (χ3v) is 8.88. The zero-order chi connectivity index (χ0) is 37.9. The zero-order valence-corrected chi connectivity index (χ0v) is 31.3. The largest absolute Gasteiger partial charge is 0.397 e. The summed E-state index contributed by atoms with van der Waals surface area (Å²) in [6, 6.07) is -1.15. The van der Waals surface area contributed by atoms with Crippen LogP contribution in [0.4, 0.5) is 0 Å². The fraction of sp³-hybridized carbons (Fsp3) is 0.757. The Balaban J connectivity index is 2.80. The van der Waals surface area contributed by atoms with E-state index in [2.05, 4.69) is 59.8 Å². The second kappa shape index (κ2) is 28.5. The van der Waals surface area contributed by atoms with Gasteiger partial charge in [0.05, 0.1) is 25.4 Å². The van der Waals surface area contributed by atoms with Crippen LogP contribution >= 0.6 is 0 Å². The van der Waals surface area contributed by atoms with E-state index < -0.39 is 78.5 Å². The minimum atomic E-state index is -5.12. The van der Waals surface area contributed by atoms with Crippen molar-refractivity contribution in [3.63, 3.8) is 0 Å². The molecule has 7 N–H and O–H groups in total. The molecule has 51 heavy (non-hydrogen) atoms. The fourth-order valence-electron chi connectivity index (χ4n) is 5.35. The van der Waals surface area contributed by atoms with Gasteiger partial charge in [-0.15, -0.1) is 0 Å². The summed E-state index contributed by atoms with van der Waals surface area (Å²) in [5.74, 6) is -0.737. The van der Waals surface area contributed by atoms with Gasteiger partial charge in [-0.25, -0.2) is 4.18 Å². The van der Waals surface area contributed by atoms with E-state index in [1.807, 2.05) is 0 Å². The van der Waals surface area contributed by atoms with Crippen LogP contribution in [0, 0.1) is 0 Å². The van der Waals surface area contributed by atoms with Crippen LogP contribution in [0.3, 0.4) is 0 Å². The van der Waals surface area contributed by atoms with E-state index in [1.54, 1.807) is 6.08 Å². The van der Waals surface area contributed by atoms with Gasteiger partial charge in [-0.05, 0) is 64.2 Å². The first-order valence-electron chi connectivity index (χ1n) is 18.6. The first kappa shape index (κ1) is 47.0. The maximum Gasteiger partial charge on any atom is 0.397 e. The molecule has 1 saturated heterocycles. The van der Waals surface area contributed by atoms with Gasteiger partial charge in [-0.1, -0.05) is 101 Å². The quantitative estimate of drug-likeness (QED) is 0.0324. The third kappa shape index (κ3) is 22.0. The van der Waals surface area contributed by atoms with Gasteiger partial charge < -0.3 is 40.3 Å². The second-order valence-electron chi connectivity index (χ2n) is 12.9. The first-order valence-corrected chi connectivity index (χ1v) is 20.0. The monoisotopic (exact) mass is 747 g/mol. The summed E-state index contributed by atoms with van der Waals surface area (Å²) >= 11 is 0. The van der Waals surface area contributed by atoms with Crippen LogP contribution in [0.2, 0.25) is 0 Å². The van der Waals surface area contributed by atoms with Crippen molar-refractivity contribution in [3.8, 4) is 0 Å². The Morgan fingerprint density at radius 1 is 0.784 bits per heavy atom. The molecular formula is C37H65NO12S. The van der Waals surface area contributed by atoms with E-state index in [1.165, 1.54) is 25.3 Å². The number of allylic oxidation sites excluding steroid dienone is 7. The minimum absolute atomic E-state index is 0.209. The van der Waals surface area contributed by atoms with Crippen LogP contribution < -0.4 is 5.32 Å². The Bertz CT molecular complexity index is 1130. The number of ether oxygens (including phenoxy) is 2. The zero-order valence-electron chi connectivity index (χ0n) is 30.5. The molecule has 0 saturated carbocycles. The van der Waals surface area contributed by atoms with E-state index >= 15 is 0 Å². The summed E-state index contributed by atoms with van der Waals surface area (Å²) in [5.41, 5.74) is 0. The van der Waals surface area contributed by atoms with Crippen LogP contribution in [-0.4, -0.2) is 107 Å². The molecule has 0 radical (unpaired) electrons. The SMILES string of the molecule is CCCC/C=C\CCCCCC(O)C(=O)NC(COC1OC(CO)C(O)C(OS(=O)(=O)O)C1O)C(O)/C=C/CC/C=C/CC/C=C/CCCCC. The van der Waals surface area contributed by atoms with Crippen molar-refractivity contribution < 1.29 is 57.0 Å². The molecule has 1 aliphatic rings. The number of aliphatic hydroxyl groups is 5. The average molecular weight is 748 g/mol. The molecule has 1 aliphatic heterocycles. The molecule has 0 aromatic rings. The van der Waals surface area contributed by atoms with Gasteiger partial charge in [0.15, 0.2) is 6.29 Å². The molecule has 1 rings (SSSR count). The van der Waals surface area contributed by atoms with Crippen LogP contribution in [0.15, 0.2) is 48.6 Å². The number of amides is 1. The molecule has 14 heteroatoms. The highest BCUT2D eigenvalue weighted by molar-refractivity contribution is 7.80. The Morgan fingerprint density at radius 2 is 1.33 bits per heavy atom. The van der Waals surface area contributed by atoms with Gasteiger partial charge in [0.2, 0.25) is 5.91 Å². The van der Waals surface area contributed by atoms with E-state index in [-0.39, 0.29) is 6.42 Å². The molecular weight excluding hydrogens is 682 g/mol. The highest BCUT2D eigenvalue weighted by Crippen LogP contribution is 2.26. The van der Waals surface area contributed by atoms with Crippen molar-refractivity contribution in [1.82, 2.24) is 5.32 Å². The van der Waals surface area contributed by atoms with E-state index in [0.29, 0.717) is 12.8 Å². The predicted molar refractivity (Wildman–Crippen MR) is 196 cm³/mol. The van der Waals surface area contributed by atoms with Crippen molar-refractivity contribution in [2.45, 2.75) is 166 Å². The summed E-state index contributed by atoms with van der Waals surface area (Å²) in [4.78, 5) is 12.9. The molecule has 0 aliphatic carbocycles. The molecule has 1 fully saturated rings. The Morgan fingerprint density at radius 3 is 1.90 bits per heavy atom. The summed E-state index contributed by atoms with van der Waals surface area (Å²) in [5, 5.41) is 54.7. The Kier molecular flexibility index (Phi) is 26.3. The summed E-state index contributed by atoms with van der Waals surface area (Å²) < 4.78 is 47.1. The highest BCUT2D eigenvalue weighted by atomic mass is 32.3. The Labute approximate surface area is 305 Å². The van der Waals surface area contributed by atoms with Crippen LogP contribution in [0.25, 0.3) is 0 Å². The third-order valence-electron chi connectivity index (χ3n) is 8.42. The normalized spacial score (nSPS) is 23.5. The Hall–Kier alpha value is -1.98. The maximum absolute atomic E-state index is 12.9. The molecule has 0 aromatic heterocycles. The fourth-order valence-corrected chi connectivity index (χ4v) is 5.86. The summed E-state index contributed by atoms with van der Waals surface area (Å²) in [7, 11) is -5.12. The van der Waals surface area contributed by atoms with Gasteiger partial charge in [-0.3, -0.25) is 9.35 Å². The van der Waals surface area contributed by atoms with Gasteiger partial charge in [0.1, 0.15) is 30.5 Å². The number of carbonyl (C=O) groups excluding carboxylic acids is 1. The van der Waals surface area contributed by atoms with Crippen LogP contribution in [0.1, 0.15) is 117 Å². The van der Waals surface area contributed by atoms with Crippen molar-refractivity contribution in [2.75, 3.05) is 13.2 Å². The van der Waals surface area contributed by atoms with Gasteiger partial charge in [-0.2, -0.15) is 8.42 Å². The molecule has 0 aromatic carbocycles. The van der Waals surface area contributed by atoms with E-state index in [0.717, 1.165) is 64.2 Å². The number of aliphatic hydroxyl groups excluding tert-OH is 5. The van der Waals surface area contributed by atoms with E-state index in [9.17, 15) is 38.7 Å². The molecule has 8 atom stereocenters. The van der Waals surface area contributed by atoms with Crippen LogP contribution in [0.5, 0.6) is 0 Å². The molecule has 0 bridgehead atoms. The number of nitrogens with one attached hydrogen (secondary N) is 1. The van der Waals surface area contributed by atoms with Crippen molar-refractivity contribution >= 4 is 16.3 Å². The lowest BCUT2D eigenvalue weighted by Crippen LogP contribution is -2.61. The number of carbonyl (C=O) groups is 1. The molecule has 1 heterocycles. The smallest absolute Gasteiger partial charge is 0.394 e. The van der Waals surface area contributed by atoms with Crippen molar-refractivity contribution in [3.05, 3.63) is 48.6 Å². The second-order valence-corrected chi connectivity index (χ2v) is 14.0. The maximum atomic E-state index is 12.9. The molecule has 1 amide bonds. The van der Waals surface area contributed by atoms with E-state index in [4.69, 9.17) is 14.0 Å². The number of hydrogen-bond donors (Lipinski definition) is 7. The van der Waals surface area contributed by atoms with Crippen LogP contribution in [-0.2, 0) is 28.9 Å². The lowest BCUT2D eigenvalue weighted by molar-refractivity contribution is -0.298. The molecule has 0 spiro atoms. The minimum Gasteiger partial charge on any atom is -0.394 e. The molecule has 296 valence electrons. The lowest BCUT2D eigenvalue weighted by Gasteiger charge is -2.41. The summed E-state index contributed by atoms with van der Waals surface area (Å²) in [6.07, 6.45) is 19.5. The topological polar surface area (TPSA) is 212 Å². The average Bonchev–Trinajstić information content (AvgIpc) is 3.09. The standard InChI is InChI=1S/C37H65NO12S/c1-3-5-7-9-11-13-14-15-16-18-19-21-23-25-30(40)29(38-36(44)31(41)26-24-22-20-17-12-10-8-6-4-2)28-48-37-34(43)35(50-51(45,46)47)33(42)32(27-39)49-37/h10-13,16,18,23,25,29-35,37,39-43H,3-9,14-15,17,19-22,24,26-28H2,1-2H3,(H,38,44)(H,45,46,47)/b12-10-,13-11+,18-16+,25-23+. The lowest BCUT2D eigenvalue weighted by atomic mass is 9.99. The van der Waals surface area contributed by atoms with Gasteiger partial charge >= 0.3 is 10.4 Å². The molecule has 8 unspecified atom stereocenters. The van der Waals surface area contributed by atoms with Gasteiger partial charge in [0.25, 0.3) is 0 Å². The number of rotatable bonds is 29. The number of unbranched alkanes of at least 4 members (excludes halogenated alkanes) is 10. The van der Waals surface area contributed by atoms with Crippen molar-refractivity contribution in [1.29, 1.82) is 0 Å².